The molecule has 0 bridgehead atoms. The molecule has 0 radical (unpaired) electrons. The maximum absolute atomic E-state index is 12.2. The average Bonchev–Trinajstić information content (AvgIpc) is 2.53. The number of ether oxygens (including phenoxy) is 3. The van der Waals surface area contributed by atoms with Crippen molar-refractivity contribution in [3.8, 4) is 5.75 Å². The largest absolute Gasteiger partial charge is 0.497 e. The average molecular weight is 278 g/mol. The zero-order valence-electron chi connectivity index (χ0n) is 12.1. The number of hydrogen-bond donors (Lipinski definition) is 0. The van der Waals surface area contributed by atoms with Crippen LogP contribution in [0, 0.1) is 0 Å². The summed E-state index contributed by atoms with van der Waals surface area (Å²) in [6.45, 7) is 3.08. The van der Waals surface area contributed by atoms with E-state index in [0.29, 0.717) is 12.2 Å². The first-order chi connectivity index (χ1) is 9.70. The lowest BCUT2D eigenvalue weighted by molar-refractivity contribution is -0.0526. The van der Waals surface area contributed by atoms with Gasteiger partial charge in [-0.2, -0.15) is 0 Å². The summed E-state index contributed by atoms with van der Waals surface area (Å²) in [7, 11) is 1.60. The van der Waals surface area contributed by atoms with Crippen LogP contribution in [0.4, 0.5) is 0 Å². The van der Waals surface area contributed by atoms with Crippen molar-refractivity contribution >= 4 is 5.78 Å². The summed E-state index contributed by atoms with van der Waals surface area (Å²) < 4.78 is 16.3. The van der Waals surface area contributed by atoms with Crippen molar-refractivity contribution in [2.75, 3.05) is 20.3 Å². The molecule has 1 aliphatic heterocycles. The number of carbonyl (C=O) groups excluding carboxylic acids is 1. The van der Waals surface area contributed by atoms with Gasteiger partial charge in [0.1, 0.15) is 11.9 Å². The molecule has 2 rings (SSSR count). The van der Waals surface area contributed by atoms with Crippen molar-refractivity contribution in [2.24, 2.45) is 0 Å². The topological polar surface area (TPSA) is 44.8 Å². The molecule has 1 aromatic rings. The fraction of sp³-hybridized carbons (Fsp3) is 0.562. The molecule has 0 amide bonds. The molecule has 1 fully saturated rings. The Hall–Kier alpha value is -1.39. The van der Waals surface area contributed by atoms with Crippen molar-refractivity contribution in [2.45, 2.75) is 38.4 Å². The third kappa shape index (κ3) is 4.05. The SMILES string of the molecule is COc1ccc(C(=O)C(C)OCC2CCCCO2)cc1. The summed E-state index contributed by atoms with van der Waals surface area (Å²) in [5.41, 5.74) is 0.642. The molecule has 2 unspecified atom stereocenters. The Kier molecular flexibility index (Phi) is 5.56. The van der Waals surface area contributed by atoms with Crippen molar-refractivity contribution in [3.63, 3.8) is 0 Å². The van der Waals surface area contributed by atoms with Gasteiger partial charge < -0.3 is 14.2 Å². The van der Waals surface area contributed by atoms with E-state index >= 15 is 0 Å². The van der Waals surface area contributed by atoms with Crippen LogP contribution in [0.1, 0.15) is 36.5 Å². The van der Waals surface area contributed by atoms with E-state index in [2.05, 4.69) is 0 Å². The van der Waals surface area contributed by atoms with Crippen LogP contribution in [0.15, 0.2) is 24.3 Å². The summed E-state index contributed by atoms with van der Waals surface area (Å²) in [6.07, 6.45) is 3.00. The van der Waals surface area contributed by atoms with Gasteiger partial charge in [-0.05, 0) is 50.5 Å². The Bertz CT molecular complexity index is 421. The number of hydrogen-bond acceptors (Lipinski definition) is 4. The Morgan fingerprint density at radius 3 is 2.70 bits per heavy atom. The van der Waals surface area contributed by atoms with Gasteiger partial charge in [-0.1, -0.05) is 0 Å². The molecule has 0 spiro atoms. The first-order valence-electron chi connectivity index (χ1n) is 7.12. The fourth-order valence-electron chi connectivity index (χ4n) is 2.26. The van der Waals surface area contributed by atoms with E-state index in [4.69, 9.17) is 14.2 Å². The van der Waals surface area contributed by atoms with Crippen molar-refractivity contribution in [1.82, 2.24) is 0 Å². The Morgan fingerprint density at radius 2 is 2.10 bits per heavy atom. The number of methoxy groups -OCH3 is 1. The Morgan fingerprint density at radius 1 is 1.35 bits per heavy atom. The minimum Gasteiger partial charge on any atom is -0.497 e. The van der Waals surface area contributed by atoms with Crippen molar-refractivity contribution < 1.29 is 19.0 Å². The van der Waals surface area contributed by atoms with Crippen LogP contribution in [0.5, 0.6) is 5.75 Å². The molecule has 1 saturated heterocycles. The van der Waals surface area contributed by atoms with Crippen LogP contribution < -0.4 is 4.74 Å². The van der Waals surface area contributed by atoms with Gasteiger partial charge in [0.05, 0.1) is 19.8 Å². The van der Waals surface area contributed by atoms with Crippen LogP contribution in [-0.4, -0.2) is 38.3 Å². The molecular formula is C16H22O4. The molecule has 2 atom stereocenters. The van der Waals surface area contributed by atoms with E-state index in [1.54, 1.807) is 38.3 Å². The smallest absolute Gasteiger partial charge is 0.191 e. The van der Waals surface area contributed by atoms with E-state index in [0.717, 1.165) is 25.2 Å². The minimum atomic E-state index is -0.450. The molecular weight excluding hydrogens is 256 g/mol. The van der Waals surface area contributed by atoms with Gasteiger partial charge in [0.25, 0.3) is 0 Å². The third-order valence-electron chi connectivity index (χ3n) is 3.55. The standard InChI is InChI=1S/C16H22O4/c1-12(20-11-15-5-3-4-10-19-15)16(17)13-6-8-14(18-2)9-7-13/h6-9,12,15H,3-5,10-11H2,1-2H3. The number of ketones is 1. The molecule has 0 N–H and O–H groups in total. The molecule has 1 heterocycles. The summed E-state index contributed by atoms with van der Waals surface area (Å²) in [5.74, 6) is 0.731. The second kappa shape index (κ2) is 7.41. The predicted octanol–water partition coefficient (Wildman–Crippen LogP) is 2.85. The lowest BCUT2D eigenvalue weighted by Gasteiger charge is -2.23. The zero-order valence-corrected chi connectivity index (χ0v) is 12.1. The summed E-state index contributed by atoms with van der Waals surface area (Å²) in [6, 6.07) is 7.09. The van der Waals surface area contributed by atoms with Crippen molar-refractivity contribution in [1.29, 1.82) is 0 Å². The lowest BCUT2D eigenvalue weighted by atomic mass is 10.1. The number of benzene rings is 1. The quantitative estimate of drug-likeness (QED) is 0.751. The summed E-state index contributed by atoms with van der Waals surface area (Å²) in [4.78, 5) is 12.2. The van der Waals surface area contributed by atoms with E-state index in [1.165, 1.54) is 6.42 Å². The molecule has 1 aliphatic rings. The molecule has 0 aromatic heterocycles. The maximum atomic E-state index is 12.2. The highest BCUT2D eigenvalue weighted by Crippen LogP contribution is 2.16. The second-order valence-corrected chi connectivity index (χ2v) is 5.06. The van der Waals surface area contributed by atoms with Gasteiger partial charge >= 0.3 is 0 Å². The molecule has 0 saturated carbocycles. The highest BCUT2D eigenvalue weighted by atomic mass is 16.5. The van der Waals surface area contributed by atoms with Gasteiger partial charge in [0.15, 0.2) is 5.78 Å². The summed E-state index contributed by atoms with van der Waals surface area (Å²) >= 11 is 0. The van der Waals surface area contributed by atoms with Crippen molar-refractivity contribution in [3.05, 3.63) is 29.8 Å². The van der Waals surface area contributed by atoms with Crippen LogP contribution in [0.2, 0.25) is 0 Å². The van der Waals surface area contributed by atoms with Gasteiger partial charge in [0, 0.05) is 12.2 Å². The van der Waals surface area contributed by atoms with E-state index in [1.807, 2.05) is 0 Å². The number of rotatable bonds is 6. The van der Waals surface area contributed by atoms with Gasteiger partial charge in [-0.15, -0.1) is 0 Å². The maximum Gasteiger partial charge on any atom is 0.191 e. The fourth-order valence-corrected chi connectivity index (χ4v) is 2.26. The van der Waals surface area contributed by atoms with Gasteiger partial charge in [-0.25, -0.2) is 0 Å². The number of carbonyl (C=O) groups is 1. The van der Waals surface area contributed by atoms with E-state index < -0.39 is 6.10 Å². The molecule has 1 aromatic carbocycles. The van der Waals surface area contributed by atoms with Gasteiger partial charge in [0.2, 0.25) is 0 Å². The normalized spacial score (nSPS) is 20.4. The highest BCUT2D eigenvalue weighted by molar-refractivity contribution is 5.99. The summed E-state index contributed by atoms with van der Waals surface area (Å²) in [5, 5.41) is 0. The lowest BCUT2D eigenvalue weighted by Crippen LogP contribution is -2.29. The first kappa shape index (κ1) is 15.0. The van der Waals surface area contributed by atoms with E-state index in [9.17, 15) is 4.79 Å². The monoisotopic (exact) mass is 278 g/mol. The molecule has 4 nitrogen and oxygen atoms in total. The molecule has 4 heteroatoms. The zero-order chi connectivity index (χ0) is 14.4. The molecule has 0 aliphatic carbocycles. The first-order valence-corrected chi connectivity index (χ1v) is 7.12. The van der Waals surface area contributed by atoms with Crippen LogP contribution >= 0.6 is 0 Å². The van der Waals surface area contributed by atoms with E-state index in [-0.39, 0.29) is 11.9 Å². The van der Waals surface area contributed by atoms with Crippen LogP contribution in [0.3, 0.4) is 0 Å². The third-order valence-corrected chi connectivity index (χ3v) is 3.55. The number of Topliss-reactive ketones (excluding diaryl/α,β-unsaturated/α-hetero) is 1. The highest BCUT2D eigenvalue weighted by Gasteiger charge is 2.19. The van der Waals surface area contributed by atoms with Gasteiger partial charge in [-0.3, -0.25) is 4.79 Å². The molecule has 20 heavy (non-hydrogen) atoms. The minimum absolute atomic E-state index is 0.0107. The van der Waals surface area contributed by atoms with Crippen LogP contribution in [-0.2, 0) is 9.47 Å². The Labute approximate surface area is 120 Å². The Balaban J connectivity index is 1.83. The second-order valence-electron chi connectivity index (χ2n) is 5.06. The van der Waals surface area contributed by atoms with Crippen LogP contribution in [0.25, 0.3) is 0 Å². The molecule has 110 valence electrons. The predicted molar refractivity (Wildman–Crippen MR) is 76.3 cm³/mol.